The minimum atomic E-state index is -0.593. The van der Waals surface area contributed by atoms with E-state index in [1.165, 1.54) is 5.57 Å². The van der Waals surface area contributed by atoms with Gasteiger partial charge in [0, 0.05) is 24.7 Å². The van der Waals surface area contributed by atoms with Gasteiger partial charge in [0.2, 0.25) is 0 Å². The van der Waals surface area contributed by atoms with E-state index in [4.69, 9.17) is 21.1 Å². The zero-order chi connectivity index (χ0) is 27.5. The van der Waals surface area contributed by atoms with Crippen LogP contribution in [0.4, 0.5) is 9.59 Å². The van der Waals surface area contributed by atoms with Crippen molar-refractivity contribution < 1.29 is 19.1 Å². The lowest BCUT2D eigenvalue weighted by Gasteiger charge is -2.20. The van der Waals surface area contributed by atoms with E-state index in [9.17, 15) is 9.59 Å². The van der Waals surface area contributed by atoms with Gasteiger partial charge in [0.1, 0.15) is 5.60 Å². The molecule has 0 saturated heterocycles. The molecule has 204 valence electrons. The van der Waals surface area contributed by atoms with Gasteiger partial charge < -0.3 is 14.4 Å². The standard InChI is InChI=1S/C31H39ClN2O4/c1-5-24(18-21-37-23-25-12-7-6-8-13-25)14-11-19-33(29(32)35)20-17-26-22-34(30(36)38-31(2,3)4)28-16-10-9-15-27(26)28/h6-10,12-13,15-16,18,22H,5,11,14,17,19-21,23H2,1-4H3/b24-18-. The topological polar surface area (TPSA) is 60.8 Å². The number of rotatable bonds is 12. The Balaban J connectivity index is 1.55. The van der Waals surface area contributed by atoms with E-state index in [0.29, 0.717) is 32.7 Å². The summed E-state index contributed by atoms with van der Waals surface area (Å²) in [6, 6.07) is 17.8. The van der Waals surface area contributed by atoms with E-state index in [0.717, 1.165) is 41.3 Å². The predicted octanol–water partition coefficient (Wildman–Crippen LogP) is 7.96. The highest BCUT2D eigenvalue weighted by Crippen LogP contribution is 2.24. The number of fused-ring (bicyclic) bond motifs is 1. The number of hydrogen-bond donors (Lipinski definition) is 0. The van der Waals surface area contributed by atoms with Crippen LogP contribution in [0, 0.1) is 0 Å². The van der Waals surface area contributed by atoms with Crippen molar-refractivity contribution >= 4 is 34.0 Å². The molecule has 7 heteroatoms. The van der Waals surface area contributed by atoms with Gasteiger partial charge in [-0.05, 0) is 75.2 Å². The SMILES string of the molecule is CC/C(=C/COCc1ccccc1)CCCN(CCc1cn(C(=O)OC(C)(C)C)c2ccccc12)C(=O)Cl. The first-order valence-corrected chi connectivity index (χ1v) is 13.6. The summed E-state index contributed by atoms with van der Waals surface area (Å²) in [5.41, 5.74) is 3.63. The summed E-state index contributed by atoms with van der Waals surface area (Å²) in [5.74, 6) is 0. The van der Waals surface area contributed by atoms with Gasteiger partial charge in [0.25, 0.3) is 0 Å². The second-order valence-corrected chi connectivity index (χ2v) is 10.7. The number of carbonyl (C=O) groups excluding carboxylic acids is 2. The first-order chi connectivity index (χ1) is 18.2. The third-order valence-electron chi connectivity index (χ3n) is 6.27. The van der Waals surface area contributed by atoms with Crippen LogP contribution >= 0.6 is 11.6 Å². The van der Waals surface area contributed by atoms with Gasteiger partial charge >= 0.3 is 11.5 Å². The minimum absolute atomic E-state index is 0.420. The summed E-state index contributed by atoms with van der Waals surface area (Å²) in [6.07, 6.45) is 6.74. The molecule has 2 aromatic carbocycles. The van der Waals surface area contributed by atoms with E-state index < -0.39 is 17.1 Å². The molecule has 3 aromatic rings. The highest BCUT2D eigenvalue weighted by atomic mass is 35.5. The fraction of sp³-hybridized carbons (Fsp3) is 0.419. The molecule has 0 aliphatic heterocycles. The van der Waals surface area contributed by atoms with Gasteiger partial charge in [-0.1, -0.05) is 67.1 Å². The normalized spacial score (nSPS) is 12.1. The number of halogens is 1. The molecule has 1 amide bonds. The van der Waals surface area contributed by atoms with Gasteiger partial charge in [-0.2, -0.15) is 0 Å². The summed E-state index contributed by atoms with van der Waals surface area (Å²) >= 11 is 5.94. The van der Waals surface area contributed by atoms with Crippen LogP contribution in [0.3, 0.4) is 0 Å². The number of amides is 1. The third kappa shape index (κ3) is 9.03. The minimum Gasteiger partial charge on any atom is -0.443 e. The molecule has 3 rings (SSSR count). The molecular weight excluding hydrogens is 500 g/mol. The quantitative estimate of drug-likeness (QED) is 0.101. The van der Waals surface area contributed by atoms with E-state index in [2.05, 4.69) is 25.1 Å². The number of hydrogen-bond acceptors (Lipinski definition) is 4. The molecule has 6 nitrogen and oxygen atoms in total. The van der Waals surface area contributed by atoms with Crippen molar-refractivity contribution in [2.24, 2.45) is 0 Å². The van der Waals surface area contributed by atoms with Gasteiger partial charge in [0.05, 0.1) is 18.7 Å². The van der Waals surface area contributed by atoms with Crippen LogP contribution in [0.5, 0.6) is 0 Å². The van der Waals surface area contributed by atoms with Gasteiger partial charge in [-0.15, -0.1) is 0 Å². The fourth-order valence-electron chi connectivity index (χ4n) is 4.30. The Bertz CT molecular complexity index is 1230. The Morgan fingerprint density at radius 2 is 1.74 bits per heavy atom. The van der Waals surface area contributed by atoms with Crippen molar-refractivity contribution in [2.75, 3.05) is 19.7 Å². The largest absolute Gasteiger partial charge is 0.443 e. The van der Waals surface area contributed by atoms with Crippen molar-refractivity contribution in [3.63, 3.8) is 0 Å². The molecule has 1 aromatic heterocycles. The Labute approximate surface area is 231 Å². The van der Waals surface area contributed by atoms with Crippen molar-refractivity contribution in [1.82, 2.24) is 9.47 Å². The number of benzene rings is 2. The van der Waals surface area contributed by atoms with Crippen LogP contribution in [0.1, 0.15) is 58.1 Å². The number of ether oxygens (including phenoxy) is 2. The first-order valence-electron chi connectivity index (χ1n) is 13.2. The zero-order valence-corrected chi connectivity index (χ0v) is 23.7. The molecular formula is C31H39ClN2O4. The maximum Gasteiger partial charge on any atom is 0.419 e. The van der Waals surface area contributed by atoms with Crippen molar-refractivity contribution in [3.8, 4) is 0 Å². The first kappa shape index (κ1) is 29.5. The molecule has 1 heterocycles. The van der Waals surface area contributed by atoms with Crippen LogP contribution in [0.25, 0.3) is 10.9 Å². The lowest BCUT2D eigenvalue weighted by Crippen LogP contribution is -2.29. The molecule has 0 N–H and O–H groups in total. The summed E-state index contributed by atoms with van der Waals surface area (Å²) in [7, 11) is 0. The average molecular weight is 539 g/mol. The third-order valence-corrected chi connectivity index (χ3v) is 6.50. The van der Waals surface area contributed by atoms with E-state index >= 15 is 0 Å². The molecule has 0 unspecified atom stereocenters. The van der Waals surface area contributed by atoms with Crippen LogP contribution in [-0.2, 0) is 22.5 Å². The predicted molar refractivity (Wildman–Crippen MR) is 154 cm³/mol. The highest BCUT2D eigenvalue weighted by Gasteiger charge is 2.21. The summed E-state index contributed by atoms with van der Waals surface area (Å²) in [6.45, 7) is 9.86. The van der Waals surface area contributed by atoms with Gasteiger partial charge in [-0.25, -0.2) is 4.79 Å². The number of para-hydroxylation sites is 1. The van der Waals surface area contributed by atoms with Crippen LogP contribution in [0.2, 0.25) is 0 Å². The average Bonchev–Trinajstić information content (AvgIpc) is 3.25. The van der Waals surface area contributed by atoms with Crippen LogP contribution < -0.4 is 0 Å². The Kier molecular flexibility index (Phi) is 11.0. The molecule has 0 atom stereocenters. The van der Waals surface area contributed by atoms with Gasteiger partial charge in [0.15, 0.2) is 0 Å². The maximum atomic E-state index is 12.8. The molecule has 0 saturated carbocycles. The lowest BCUT2D eigenvalue weighted by atomic mass is 10.1. The second-order valence-electron chi connectivity index (χ2n) is 10.3. The number of allylic oxidation sites excluding steroid dienone is 1. The molecule has 0 aliphatic rings. The number of nitrogens with zero attached hydrogens (tertiary/aromatic N) is 2. The Hall–Kier alpha value is -3.09. The lowest BCUT2D eigenvalue weighted by molar-refractivity contribution is 0.0544. The molecule has 0 fully saturated rings. The summed E-state index contributed by atoms with van der Waals surface area (Å²) in [5, 5.41) is 0.501. The molecule has 0 radical (unpaired) electrons. The zero-order valence-electron chi connectivity index (χ0n) is 22.9. The van der Waals surface area contributed by atoms with Crippen LogP contribution in [0.15, 0.2) is 72.4 Å². The highest BCUT2D eigenvalue weighted by molar-refractivity contribution is 6.62. The van der Waals surface area contributed by atoms with E-state index in [1.54, 1.807) is 9.47 Å². The van der Waals surface area contributed by atoms with Crippen molar-refractivity contribution in [2.45, 2.75) is 65.6 Å². The summed E-state index contributed by atoms with van der Waals surface area (Å²) in [4.78, 5) is 26.6. The summed E-state index contributed by atoms with van der Waals surface area (Å²) < 4.78 is 12.9. The Morgan fingerprint density at radius 3 is 2.42 bits per heavy atom. The fourth-order valence-corrected chi connectivity index (χ4v) is 4.47. The smallest absolute Gasteiger partial charge is 0.419 e. The maximum absolute atomic E-state index is 12.8. The van der Waals surface area contributed by atoms with Gasteiger partial charge in [-0.3, -0.25) is 9.36 Å². The van der Waals surface area contributed by atoms with Crippen LogP contribution in [-0.4, -0.2) is 46.2 Å². The molecule has 0 aliphatic carbocycles. The van der Waals surface area contributed by atoms with Crippen molar-refractivity contribution in [1.29, 1.82) is 0 Å². The number of aromatic nitrogens is 1. The van der Waals surface area contributed by atoms with E-state index in [-0.39, 0.29) is 0 Å². The van der Waals surface area contributed by atoms with E-state index in [1.807, 2.05) is 69.4 Å². The monoisotopic (exact) mass is 538 g/mol. The van der Waals surface area contributed by atoms with Crippen molar-refractivity contribution in [3.05, 3.63) is 83.6 Å². The molecule has 0 spiro atoms. The number of carbonyl (C=O) groups is 2. The Morgan fingerprint density at radius 1 is 1.03 bits per heavy atom. The molecule has 38 heavy (non-hydrogen) atoms. The molecule has 0 bridgehead atoms. The second kappa shape index (κ2) is 14.2.